The highest BCUT2D eigenvalue weighted by molar-refractivity contribution is 6.74. The van der Waals surface area contributed by atoms with Gasteiger partial charge in [-0.1, -0.05) is 34.6 Å². The molecule has 1 heterocycles. The Labute approximate surface area is 218 Å². The predicted octanol–water partition coefficient (Wildman–Crippen LogP) is 6.00. The number of esters is 1. The summed E-state index contributed by atoms with van der Waals surface area (Å²) in [7, 11) is -0.458. The monoisotopic (exact) mass is 523 g/mol. The highest BCUT2D eigenvalue weighted by atomic mass is 28.4. The molecule has 4 fully saturated rings. The molecule has 1 aliphatic heterocycles. The second kappa shape index (κ2) is 9.65. The maximum absolute atomic E-state index is 13.3. The lowest BCUT2D eigenvalue weighted by atomic mass is 9.49. The summed E-state index contributed by atoms with van der Waals surface area (Å²) in [5.41, 5.74) is -0.396. The van der Waals surface area contributed by atoms with E-state index < -0.39 is 14.1 Å². The van der Waals surface area contributed by atoms with Crippen molar-refractivity contribution in [3.05, 3.63) is 0 Å². The van der Waals surface area contributed by atoms with Crippen molar-refractivity contribution in [2.45, 2.75) is 110 Å². The minimum absolute atomic E-state index is 0.0518. The van der Waals surface area contributed by atoms with E-state index in [9.17, 15) is 10.0 Å². The van der Waals surface area contributed by atoms with Gasteiger partial charge < -0.3 is 23.8 Å². The van der Waals surface area contributed by atoms with Crippen LogP contribution in [-0.2, 0) is 23.4 Å². The summed E-state index contributed by atoms with van der Waals surface area (Å²) in [6.45, 7) is 17.2. The fourth-order valence-electron chi connectivity index (χ4n) is 8.08. The molecule has 0 amide bonds. The maximum Gasteiger partial charge on any atom is 0.309 e. The largest absolute Gasteiger partial charge is 0.469 e. The van der Waals surface area contributed by atoms with Gasteiger partial charge in [-0.25, -0.2) is 0 Å². The number of fused-ring (bicyclic) bond motifs is 2. The van der Waals surface area contributed by atoms with Gasteiger partial charge in [-0.3, -0.25) is 4.79 Å². The van der Waals surface area contributed by atoms with Crippen molar-refractivity contribution in [2.24, 2.45) is 39.7 Å². The third kappa shape index (κ3) is 4.37. The minimum Gasteiger partial charge on any atom is -0.469 e. The number of hydrogen-bond donors (Lipinski definition) is 1. The third-order valence-corrected chi connectivity index (χ3v) is 15.8. The maximum atomic E-state index is 13.3. The second-order valence-electron chi connectivity index (χ2n) is 13.9. The van der Waals surface area contributed by atoms with Crippen LogP contribution in [0.3, 0.4) is 0 Å². The zero-order valence-corrected chi connectivity index (χ0v) is 24.8. The van der Waals surface area contributed by atoms with Gasteiger partial charge in [0.05, 0.1) is 26.2 Å². The fourth-order valence-corrected chi connectivity index (χ4v) is 9.49. The normalized spacial score (nSPS) is 41.1. The third-order valence-electron chi connectivity index (χ3n) is 11.3. The summed E-state index contributed by atoms with van der Waals surface area (Å²) in [5, 5.41) is 13.4. The van der Waals surface area contributed by atoms with Crippen molar-refractivity contribution in [1.29, 1.82) is 0 Å². The molecule has 0 bridgehead atoms. The lowest BCUT2D eigenvalue weighted by molar-refractivity contribution is -0.240. The first kappa shape index (κ1) is 28.1. The van der Waals surface area contributed by atoms with E-state index in [4.69, 9.17) is 18.6 Å². The quantitative estimate of drug-likeness (QED) is 0.156. The van der Waals surface area contributed by atoms with Crippen LogP contribution in [0.15, 0.2) is 5.16 Å². The molecule has 7 atom stereocenters. The first-order chi connectivity index (χ1) is 16.7. The molecule has 0 aromatic carbocycles. The molecule has 1 saturated heterocycles. The Morgan fingerprint density at radius 1 is 1.06 bits per heavy atom. The number of carbonyl (C=O) groups is 1. The Hall–Kier alpha value is -0.963. The molecule has 0 aromatic heterocycles. The molecule has 206 valence electrons. The van der Waals surface area contributed by atoms with Crippen LogP contribution in [0.25, 0.3) is 0 Å². The van der Waals surface area contributed by atoms with Crippen molar-refractivity contribution in [2.75, 3.05) is 20.3 Å². The topological polar surface area (TPSA) is 86.6 Å². The van der Waals surface area contributed by atoms with Crippen LogP contribution in [0, 0.1) is 34.5 Å². The van der Waals surface area contributed by atoms with Crippen LogP contribution in [0.2, 0.25) is 18.1 Å². The second-order valence-corrected chi connectivity index (χ2v) is 18.6. The Balaban J connectivity index is 1.62. The zero-order valence-electron chi connectivity index (χ0n) is 23.8. The van der Waals surface area contributed by atoms with Crippen LogP contribution in [0.5, 0.6) is 0 Å². The molecule has 1 N–H and O–H groups in total. The number of oxime groups is 1. The molecule has 36 heavy (non-hydrogen) atoms. The van der Waals surface area contributed by atoms with E-state index in [1.54, 1.807) is 6.21 Å². The molecule has 3 aliphatic carbocycles. The Bertz CT molecular complexity index is 849. The van der Waals surface area contributed by atoms with Crippen molar-refractivity contribution in [1.82, 2.24) is 0 Å². The van der Waals surface area contributed by atoms with Gasteiger partial charge in [0.15, 0.2) is 14.1 Å². The molecule has 0 unspecified atom stereocenters. The van der Waals surface area contributed by atoms with Gasteiger partial charge in [-0.15, -0.1) is 5.16 Å². The highest BCUT2D eigenvalue weighted by Crippen LogP contribution is 2.66. The van der Waals surface area contributed by atoms with E-state index >= 15 is 0 Å². The predicted molar refractivity (Wildman–Crippen MR) is 141 cm³/mol. The molecule has 4 rings (SSSR count). The van der Waals surface area contributed by atoms with Crippen LogP contribution >= 0.6 is 0 Å². The molecule has 1 spiro atoms. The molecule has 0 radical (unpaired) electrons. The number of hydrogen-bond acceptors (Lipinski definition) is 7. The summed E-state index contributed by atoms with van der Waals surface area (Å²) in [4.78, 5) is 13.3. The van der Waals surface area contributed by atoms with Crippen molar-refractivity contribution in [3.8, 4) is 0 Å². The number of nitrogens with zero attached hydrogens (tertiary/aromatic N) is 1. The van der Waals surface area contributed by atoms with E-state index in [0.29, 0.717) is 19.6 Å². The number of methoxy groups -OCH3 is 1. The van der Waals surface area contributed by atoms with E-state index in [2.05, 4.69) is 52.9 Å². The Morgan fingerprint density at radius 2 is 1.69 bits per heavy atom. The summed E-state index contributed by atoms with van der Waals surface area (Å²) in [5.74, 6) is -0.371. The Morgan fingerprint density at radius 3 is 2.28 bits per heavy atom. The molecule has 3 saturated carbocycles. The molecular formula is C28H49NO6Si. The minimum atomic E-state index is -1.96. The average Bonchev–Trinajstić information content (AvgIpc) is 3.40. The van der Waals surface area contributed by atoms with Crippen LogP contribution in [0.1, 0.15) is 79.6 Å². The van der Waals surface area contributed by atoms with Crippen LogP contribution in [-0.4, -0.2) is 57.9 Å². The lowest BCUT2D eigenvalue weighted by Crippen LogP contribution is -2.57. The summed E-state index contributed by atoms with van der Waals surface area (Å²) in [6, 6.07) is 0. The summed E-state index contributed by atoms with van der Waals surface area (Å²) < 4.78 is 24.7. The van der Waals surface area contributed by atoms with Crippen molar-refractivity contribution in [3.63, 3.8) is 0 Å². The van der Waals surface area contributed by atoms with Gasteiger partial charge in [-0.05, 0) is 73.9 Å². The van der Waals surface area contributed by atoms with E-state index in [-0.39, 0.29) is 51.6 Å². The molecule has 7 nitrogen and oxygen atoms in total. The summed E-state index contributed by atoms with van der Waals surface area (Å²) in [6.07, 6.45) is 8.10. The highest BCUT2D eigenvalue weighted by Gasteiger charge is 2.67. The Kier molecular flexibility index (Phi) is 7.52. The van der Waals surface area contributed by atoms with Gasteiger partial charge in [-0.2, -0.15) is 0 Å². The van der Waals surface area contributed by atoms with E-state index in [0.717, 1.165) is 38.5 Å². The number of ether oxygens (including phenoxy) is 3. The van der Waals surface area contributed by atoms with Gasteiger partial charge in [0.1, 0.15) is 0 Å². The van der Waals surface area contributed by atoms with E-state index in [1.165, 1.54) is 7.11 Å². The first-order valence-electron chi connectivity index (χ1n) is 14.0. The number of carbonyl (C=O) groups excluding carboxylic acids is 1. The van der Waals surface area contributed by atoms with Gasteiger partial charge >= 0.3 is 5.97 Å². The molecule has 4 aliphatic rings. The smallest absolute Gasteiger partial charge is 0.309 e. The van der Waals surface area contributed by atoms with Crippen LogP contribution in [0.4, 0.5) is 0 Å². The molecular weight excluding hydrogens is 474 g/mol. The van der Waals surface area contributed by atoms with Crippen molar-refractivity contribution >= 4 is 20.5 Å². The lowest BCUT2D eigenvalue weighted by Gasteiger charge is -2.57. The fraction of sp³-hybridized carbons (Fsp3) is 0.929. The van der Waals surface area contributed by atoms with Gasteiger partial charge in [0.2, 0.25) is 0 Å². The van der Waals surface area contributed by atoms with Gasteiger partial charge in [0, 0.05) is 30.1 Å². The molecule has 0 aromatic rings. The van der Waals surface area contributed by atoms with E-state index in [1.807, 2.05) is 0 Å². The van der Waals surface area contributed by atoms with Gasteiger partial charge in [0.25, 0.3) is 0 Å². The molecule has 8 heteroatoms. The SMILES string of the molecule is COC(=O)[C@H]1C[C@@H](O[Si](C)(C)C(C)(C)C)CC[C@]1(C)[C@H]1CC[C@@]2(C)[C@@H](CCC23OCCO3)[C@@H]1C=NO. The summed E-state index contributed by atoms with van der Waals surface area (Å²) >= 11 is 0. The number of rotatable bonds is 5. The zero-order chi connectivity index (χ0) is 26.6. The standard InChI is InChI=1S/C28H49NO6Si/c1-25(2,3)36(7,8)35-19-9-12-26(4,23(17-19)24(30)32-6)21-10-13-27(5)22(20(21)18-29-31)11-14-28(27)33-15-16-34-28/h18-23,31H,9-17H2,1-8H3/t19-,20+,21-,22-,23+,26+,27-/m0/s1. The van der Waals surface area contributed by atoms with Crippen molar-refractivity contribution < 1.29 is 28.6 Å². The van der Waals surface area contributed by atoms with Crippen LogP contribution < -0.4 is 0 Å². The average molecular weight is 524 g/mol. The first-order valence-corrected chi connectivity index (χ1v) is 16.9.